The first-order valence-electron chi connectivity index (χ1n) is 8.92. The number of rotatable bonds is 3. The third-order valence-electron chi connectivity index (χ3n) is 4.31. The number of carbonyl (C=O) groups excluding carboxylic acids is 1. The number of alkyl halides is 3. The number of hydrogen-bond donors (Lipinski definition) is 2. The maximum absolute atomic E-state index is 12.7. The molecule has 0 bridgehead atoms. The second-order valence-electron chi connectivity index (χ2n) is 6.30. The Kier molecular flexibility index (Phi) is 5.78. The van der Waals surface area contributed by atoms with E-state index in [-0.39, 0.29) is 17.7 Å². The van der Waals surface area contributed by atoms with Crippen molar-refractivity contribution >= 4 is 16.9 Å². The molecule has 0 saturated carbocycles. The van der Waals surface area contributed by atoms with E-state index >= 15 is 0 Å². The van der Waals surface area contributed by atoms with E-state index in [0.717, 1.165) is 12.1 Å². The van der Waals surface area contributed by atoms with E-state index in [1.165, 1.54) is 28.8 Å². The number of amides is 1. The van der Waals surface area contributed by atoms with Crippen molar-refractivity contribution in [3.63, 3.8) is 0 Å². The van der Waals surface area contributed by atoms with Crippen LogP contribution in [0.4, 0.5) is 13.2 Å². The zero-order valence-corrected chi connectivity index (χ0v) is 15.8. The number of aryl methyl sites for hydroxylation is 1. The van der Waals surface area contributed by atoms with Crippen molar-refractivity contribution < 1.29 is 18.0 Å². The van der Waals surface area contributed by atoms with Gasteiger partial charge in [-0.1, -0.05) is 17.9 Å². The summed E-state index contributed by atoms with van der Waals surface area (Å²) in [4.78, 5) is 38.4. The number of H-pyrrole nitrogens is 1. The van der Waals surface area contributed by atoms with Gasteiger partial charge in [-0.3, -0.25) is 14.4 Å². The highest BCUT2D eigenvalue weighted by molar-refractivity contribution is 5.97. The van der Waals surface area contributed by atoms with E-state index in [0.29, 0.717) is 17.6 Å². The Morgan fingerprint density at radius 1 is 1.17 bits per heavy atom. The second-order valence-corrected chi connectivity index (χ2v) is 6.30. The Hall–Kier alpha value is -3.80. The first kappa shape index (κ1) is 20.9. The summed E-state index contributed by atoms with van der Waals surface area (Å²) in [5.41, 5.74) is -1.01. The quantitative estimate of drug-likeness (QED) is 0.509. The smallest absolute Gasteiger partial charge is 0.341 e. The Morgan fingerprint density at radius 3 is 2.63 bits per heavy atom. The minimum atomic E-state index is -4.45. The lowest BCUT2D eigenvalue weighted by Gasteiger charge is -2.08. The van der Waals surface area contributed by atoms with Crippen LogP contribution in [0.5, 0.6) is 0 Å². The molecule has 30 heavy (non-hydrogen) atoms. The van der Waals surface area contributed by atoms with E-state index in [1.54, 1.807) is 13.0 Å². The maximum atomic E-state index is 12.7. The minimum Gasteiger partial charge on any atom is -0.341 e. The number of hydrogen-bond acceptors (Lipinski definition) is 3. The molecule has 0 atom stereocenters. The predicted molar refractivity (Wildman–Crippen MR) is 105 cm³/mol. The van der Waals surface area contributed by atoms with Crippen molar-refractivity contribution in [2.45, 2.75) is 19.6 Å². The van der Waals surface area contributed by atoms with Crippen LogP contribution in [0.3, 0.4) is 0 Å². The Labute approximate surface area is 168 Å². The molecule has 0 spiro atoms. The van der Waals surface area contributed by atoms with E-state index in [1.807, 2.05) is 0 Å². The number of benzene rings is 2. The van der Waals surface area contributed by atoms with Gasteiger partial charge in [0.1, 0.15) is 0 Å². The lowest BCUT2D eigenvalue weighted by Crippen LogP contribution is -2.36. The molecule has 0 aliphatic heterocycles. The summed E-state index contributed by atoms with van der Waals surface area (Å²) in [6.45, 7) is 1.94. The summed E-state index contributed by atoms with van der Waals surface area (Å²) >= 11 is 0. The average molecular weight is 415 g/mol. The molecule has 6 nitrogen and oxygen atoms in total. The number of halogens is 3. The molecule has 0 aliphatic carbocycles. The summed E-state index contributed by atoms with van der Waals surface area (Å²) < 4.78 is 39.4. The molecular formula is C21H16F3N3O3. The number of carbonyl (C=O) groups is 1. The molecule has 0 radical (unpaired) electrons. The van der Waals surface area contributed by atoms with Gasteiger partial charge in [-0.2, -0.15) is 13.2 Å². The number of aromatic amines is 1. The fraction of sp³-hybridized carbons (Fsp3) is 0.190. The second kappa shape index (κ2) is 8.29. The van der Waals surface area contributed by atoms with E-state index < -0.39 is 28.8 Å². The average Bonchev–Trinajstić information content (AvgIpc) is 2.71. The van der Waals surface area contributed by atoms with Crippen molar-refractivity contribution in [2.24, 2.45) is 0 Å². The molecule has 9 heteroatoms. The molecule has 2 N–H and O–H groups in total. The van der Waals surface area contributed by atoms with Crippen LogP contribution >= 0.6 is 0 Å². The molecule has 3 aromatic rings. The Balaban J connectivity index is 1.74. The van der Waals surface area contributed by atoms with Gasteiger partial charge in [0.05, 0.1) is 23.1 Å². The van der Waals surface area contributed by atoms with Crippen LogP contribution < -0.4 is 16.4 Å². The van der Waals surface area contributed by atoms with Gasteiger partial charge in [-0.25, -0.2) is 0 Å². The van der Waals surface area contributed by atoms with Crippen LogP contribution in [0.1, 0.15) is 28.4 Å². The Morgan fingerprint density at radius 2 is 1.93 bits per heavy atom. The van der Waals surface area contributed by atoms with Crippen LogP contribution in [0.15, 0.2) is 52.1 Å². The summed E-state index contributed by atoms with van der Waals surface area (Å²) in [6, 6.07) is 9.09. The van der Waals surface area contributed by atoms with E-state index in [2.05, 4.69) is 22.1 Å². The summed E-state index contributed by atoms with van der Waals surface area (Å²) in [5.74, 6) is 4.69. The first-order valence-corrected chi connectivity index (χ1v) is 8.92. The lowest BCUT2D eigenvalue weighted by molar-refractivity contribution is -0.137. The number of nitrogens with zero attached hydrogens (tertiary/aromatic N) is 1. The standard InChI is InChI=1S/C21H16F3N3O3/c1-2-27-17-9-8-14(12-16(17)26-19(29)20(27)30)18(28)25-10-4-6-13-5-3-7-15(11-13)21(22,23)24/h3,5,7-9,11-12H,2,10H2,1H3,(H,25,28)(H,26,29). The zero-order chi connectivity index (χ0) is 21.9. The van der Waals surface area contributed by atoms with Crippen molar-refractivity contribution in [1.82, 2.24) is 14.9 Å². The molecule has 154 valence electrons. The maximum Gasteiger partial charge on any atom is 0.416 e. The zero-order valence-electron chi connectivity index (χ0n) is 15.8. The van der Waals surface area contributed by atoms with Crippen LogP contribution in [0.2, 0.25) is 0 Å². The third-order valence-corrected chi connectivity index (χ3v) is 4.31. The van der Waals surface area contributed by atoms with Crippen LogP contribution in [-0.4, -0.2) is 22.0 Å². The number of nitrogens with one attached hydrogen (secondary N) is 2. The fourth-order valence-electron chi connectivity index (χ4n) is 2.88. The van der Waals surface area contributed by atoms with E-state index in [4.69, 9.17) is 0 Å². The van der Waals surface area contributed by atoms with Crippen LogP contribution in [0.25, 0.3) is 11.0 Å². The van der Waals surface area contributed by atoms with Crippen molar-refractivity contribution in [1.29, 1.82) is 0 Å². The predicted octanol–water partition coefficient (Wildman–Crippen LogP) is 2.51. The van der Waals surface area contributed by atoms with Gasteiger partial charge in [0.25, 0.3) is 5.91 Å². The van der Waals surface area contributed by atoms with Crippen molar-refractivity contribution in [3.05, 3.63) is 79.9 Å². The highest BCUT2D eigenvalue weighted by Crippen LogP contribution is 2.29. The molecule has 0 unspecified atom stereocenters. The molecule has 0 aliphatic rings. The lowest BCUT2D eigenvalue weighted by atomic mass is 10.1. The number of fused-ring (bicyclic) bond motifs is 1. The molecule has 0 fully saturated rings. The van der Waals surface area contributed by atoms with E-state index in [9.17, 15) is 27.6 Å². The molecule has 1 heterocycles. The topological polar surface area (TPSA) is 84.0 Å². The minimum absolute atomic E-state index is 0.0852. The third kappa shape index (κ3) is 4.43. The van der Waals surface area contributed by atoms with Gasteiger partial charge in [0.2, 0.25) is 0 Å². The number of aromatic nitrogens is 2. The molecule has 1 amide bonds. The van der Waals surface area contributed by atoms with Gasteiger partial charge >= 0.3 is 17.3 Å². The SMILES string of the molecule is CCn1c(=O)c(=O)[nH]c2cc(C(=O)NCC#Cc3cccc(C(F)(F)F)c3)ccc21. The van der Waals surface area contributed by atoms with Gasteiger partial charge in [-0.15, -0.1) is 0 Å². The van der Waals surface area contributed by atoms with Gasteiger partial charge < -0.3 is 14.9 Å². The normalized spacial score (nSPS) is 11.1. The highest BCUT2D eigenvalue weighted by Gasteiger charge is 2.30. The molecule has 2 aromatic carbocycles. The van der Waals surface area contributed by atoms with Crippen LogP contribution in [0, 0.1) is 11.8 Å². The van der Waals surface area contributed by atoms with Crippen molar-refractivity contribution in [3.8, 4) is 11.8 Å². The fourth-order valence-corrected chi connectivity index (χ4v) is 2.88. The molecular weight excluding hydrogens is 399 g/mol. The molecule has 1 aromatic heterocycles. The summed E-state index contributed by atoms with van der Waals surface area (Å²) in [5, 5.41) is 2.54. The highest BCUT2D eigenvalue weighted by atomic mass is 19.4. The monoisotopic (exact) mass is 415 g/mol. The van der Waals surface area contributed by atoms with Crippen LogP contribution in [-0.2, 0) is 12.7 Å². The van der Waals surface area contributed by atoms with Crippen molar-refractivity contribution in [2.75, 3.05) is 6.54 Å². The molecule has 0 saturated heterocycles. The largest absolute Gasteiger partial charge is 0.416 e. The van der Waals surface area contributed by atoms with Gasteiger partial charge in [0, 0.05) is 17.7 Å². The molecule has 3 rings (SSSR count). The van der Waals surface area contributed by atoms with Gasteiger partial charge in [-0.05, 0) is 43.3 Å². The Bertz CT molecular complexity index is 1290. The summed E-state index contributed by atoms with van der Waals surface area (Å²) in [7, 11) is 0. The first-order chi connectivity index (χ1) is 14.2. The summed E-state index contributed by atoms with van der Waals surface area (Å²) in [6.07, 6.45) is -4.45. The van der Waals surface area contributed by atoms with Gasteiger partial charge in [0.15, 0.2) is 0 Å².